The summed E-state index contributed by atoms with van der Waals surface area (Å²) in [6, 6.07) is 13.5. The van der Waals surface area contributed by atoms with Gasteiger partial charge in [0.1, 0.15) is 0 Å². The number of carbonyl (C=O) groups excluding carboxylic acids is 1. The van der Waals surface area contributed by atoms with Gasteiger partial charge in [-0.05, 0) is 42.8 Å². The van der Waals surface area contributed by atoms with Crippen LogP contribution in [-0.4, -0.2) is 20.6 Å². The van der Waals surface area contributed by atoms with E-state index in [1.165, 1.54) is 12.1 Å². The van der Waals surface area contributed by atoms with Gasteiger partial charge in [0.15, 0.2) is 9.84 Å². The molecule has 0 fully saturated rings. The molecule has 1 atom stereocenters. The van der Waals surface area contributed by atoms with Crippen molar-refractivity contribution in [1.82, 2.24) is 5.32 Å². The van der Waals surface area contributed by atoms with Gasteiger partial charge < -0.3 is 5.32 Å². The topological polar surface area (TPSA) is 63.2 Å². The highest BCUT2D eigenvalue weighted by atomic mass is 79.9. The zero-order chi connectivity index (χ0) is 16.3. The van der Waals surface area contributed by atoms with E-state index < -0.39 is 9.84 Å². The van der Waals surface area contributed by atoms with E-state index in [2.05, 4.69) is 21.2 Å². The van der Waals surface area contributed by atoms with E-state index in [1.807, 2.05) is 31.2 Å². The van der Waals surface area contributed by atoms with Gasteiger partial charge in [-0.2, -0.15) is 0 Å². The molecule has 0 radical (unpaired) electrons. The van der Waals surface area contributed by atoms with Crippen LogP contribution in [0.2, 0.25) is 0 Å². The molecule has 1 N–H and O–H groups in total. The van der Waals surface area contributed by atoms with Gasteiger partial charge in [0.05, 0.1) is 10.9 Å². The van der Waals surface area contributed by atoms with Crippen LogP contribution >= 0.6 is 15.9 Å². The van der Waals surface area contributed by atoms with Gasteiger partial charge in [0.25, 0.3) is 5.91 Å². The Morgan fingerprint density at radius 1 is 1.14 bits per heavy atom. The van der Waals surface area contributed by atoms with Gasteiger partial charge in [0, 0.05) is 16.3 Å². The zero-order valence-corrected chi connectivity index (χ0v) is 14.6. The third-order valence-electron chi connectivity index (χ3n) is 3.22. The molecule has 6 heteroatoms. The van der Waals surface area contributed by atoms with Gasteiger partial charge in [-0.25, -0.2) is 8.42 Å². The smallest absolute Gasteiger partial charge is 0.251 e. The second-order valence-electron chi connectivity index (χ2n) is 5.05. The fourth-order valence-electron chi connectivity index (χ4n) is 2.01. The number of hydrogen-bond acceptors (Lipinski definition) is 3. The molecule has 116 valence electrons. The Kier molecular flexibility index (Phi) is 5.03. The summed E-state index contributed by atoms with van der Waals surface area (Å²) in [4.78, 5) is 12.4. The first-order valence-electron chi connectivity index (χ1n) is 6.64. The summed E-state index contributed by atoms with van der Waals surface area (Å²) in [7, 11) is -3.33. The third kappa shape index (κ3) is 4.18. The molecule has 0 aromatic heterocycles. The molecule has 2 aromatic rings. The second-order valence-corrected chi connectivity index (χ2v) is 7.98. The minimum absolute atomic E-state index is 0.134. The predicted molar refractivity (Wildman–Crippen MR) is 89.6 cm³/mol. The van der Waals surface area contributed by atoms with Gasteiger partial charge >= 0.3 is 0 Å². The predicted octanol–water partition coefficient (Wildman–Crippen LogP) is 3.34. The van der Waals surface area contributed by atoms with Gasteiger partial charge in [-0.15, -0.1) is 0 Å². The van der Waals surface area contributed by atoms with E-state index in [9.17, 15) is 13.2 Å². The number of benzene rings is 2. The van der Waals surface area contributed by atoms with Crippen molar-refractivity contribution in [3.05, 3.63) is 64.1 Å². The van der Waals surface area contributed by atoms with Crippen molar-refractivity contribution >= 4 is 31.7 Å². The average molecular weight is 382 g/mol. The molecule has 0 bridgehead atoms. The lowest BCUT2D eigenvalue weighted by atomic mass is 10.1. The summed E-state index contributed by atoms with van der Waals surface area (Å²) >= 11 is 3.39. The maximum Gasteiger partial charge on any atom is 0.251 e. The monoisotopic (exact) mass is 381 g/mol. The molecule has 1 unspecified atom stereocenters. The number of hydrogen-bond donors (Lipinski definition) is 1. The first kappa shape index (κ1) is 16.7. The first-order chi connectivity index (χ1) is 10.3. The lowest BCUT2D eigenvalue weighted by molar-refractivity contribution is 0.0939. The summed E-state index contributed by atoms with van der Waals surface area (Å²) in [6.45, 7) is 1.88. The van der Waals surface area contributed by atoms with E-state index in [0.29, 0.717) is 5.56 Å². The Balaban J connectivity index is 2.19. The van der Waals surface area contributed by atoms with Crippen LogP contribution in [-0.2, 0) is 9.84 Å². The highest BCUT2D eigenvalue weighted by molar-refractivity contribution is 9.10. The number of carbonyl (C=O) groups is 1. The molecule has 2 rings (SSSR count). The SMILES string of the molecule is CC(NC(=O)c1cccc(S(C)(=O)=O)c1)c1cccc(Br)c1. The minimum Gasteiger partial charge on any atom is -0.346 e. The molecule has 0 saturated carbocycles. The number of halogens is 1. The summed E-state index contributed by atoms with van der Waals surface area (Å²) in [5, 5.41) is 2.86. The lowest BCUT2D eigenvalue weighted by Crippen LogP contribution is -2.26. The van der Waals surface area contributed by atoms with Crippen molar-refractivity contribution in [3.8, 4) is 0 Å². The minimum atomic E-state index is -3.33. The molecule has 2 aromatic carbocycles. The molecule has 22 heavy (non-hydrogen) atoms. The van der Waals surface area contributed by atoms with Crippen LogP contribution < -0.4 is 5.32 Å². The van der Waals surface area contributed by atoms with Crippen LogP contribution in [0.25, 0.3) is 0 Å². The Labute approximate surface area is 138 Å². The summed E-state index contributed by atoms with van der Waals surface area (Å²) in [5.41, 5.74) is 1.28. The van der Waals surface area contributed by atoms with Gasteiger partial charge in [-0.3, -0.25) is 4.79 Å². The fourth-order valence-corrected chi connectivity index (χ4v) is 3.09. The van der Waals surface area contributed by atoms with Crippen LogP contribution in [0.3, 0.4) is 0 Å². The Morgan fingerprint density at radius 3 is 2.45 bits per heavy atom. The van der Waals surface area contributed by atoms with E-state index in [-0.39, 0.29) is 16.8 Å². The molecule has 0 heterocycles. The highest BCUT2D eigenvalue weighted by Gasteiger charge is 2.14. The molecular formula is C16H16BrNO3S. The summed E-state index contributed by atoms with van der Waals surface area (Å²) in [5.74, 6) is -0.307. The summed E-state index contributed by atoms with van der Waals surface area (Å²) in [6.07, 6.45) is 1.12. The largest absolute Gasteiger partial charge is 0.346 e. The van der Waals surface area contributed by atoms with Crippen LogP contribution in [0.1, 0.15) is 28.9 Å². The van der Waals surface area contributed by atoms with Crippen molar-refractivity contribution < 1.29 is 13.2 Å². The number of amides is 1. The van der Waals surface area contributed by atoms with Crippen molar-refractivity contribution in [2.75, 3.05) is 6.26 Å². The fraction of sp³-hybridized carbons (Fsp3) is 0.188. The maximum absolute atomic E-state index is 12.3. The molecule has 1 amide bonds. The van der Waals surface area contributed by atoms with E-state index in [4.69, 9.17) is 0 Å². The van der Waals surface area contributed by atoms with Gasteiger partial charge in [-0.1, -0.05) is 34.1 Å². The Bertz CT molecular complexity index is 803. The number of sulfone groups is 1. The number of rotatable bonds is 4. The van der Waals surface area contributed by atoms with Crippen molar-refractivity contribution in [1.29, 1.82) is 0 Å². The molecule has 0 aliphatic carbocycles. The van der Waals surface area contributed by atoms with Crippen molar-refractivity contribution in [3.63, 3.8) is 0 Å². The second kappa shape index (κ2) is 6.62. The lowest BCUT2D eigenvalue weighted by Gasteiger charge is -2.15. The van der Waals surface area contributed by atoms with E-state index >= 15 is 0 Å². The molecule has 4 nitrogen and oxygen atoms in total. The van der Waals surface area contributed by atoms with E-state index in [1.54, 1.807) is 12.1 Å². The quantitative estimate of drug-likeness (QED) is 0.882. The Hall–Kier alpha value is -1.66. The Morgan fingerprint density at radius 2 is 1.82 bits per heavy atom. The van der Waals surface area contributed by atoms with Crippen LogP contribution in [0.5, 0.6) is 0 Å². The molecule has 0 aliphatic rings. The average Bonchev–Trinajstić information content (AvgIpc) is 2.46. The normalized spacial score (nSPS) is 12.7. The maximum atomic E-state index is 12.3. The van der Waals surface area contributed by atoms with Gasteiger partial charge in [0.2, 0.25) is 0 Å². The molecule has 0 spiro atoms. The van der Waals surface area contributed by atoms with Crippen molar-refractivity contribution in [2.24, 2.45) is 0 Å². The third-order valence-corrected chi connectivity index (χ3v) is 4.82. The molecular weight excluding hydrogens is 366 g/mol. The van der Waals surface area contributed by atoms with Crippen LogP contribution in [0, 0.1) is 0 Å². The van der Waals surface area contributed by atoms with Crippen molar-refractivity contribution in [2.45, 2.75) is 17.9 Å². The standard InChI is InChI=1S/C16H16BrNO3S/c1-11(12-5-3-7-14(17)9-12)18-16(19)13-6-4-8-15(10-13)22(2,20)21/h3-11H,1-2H3,(H,18,19). The first-order valence-corrected chi connectivity index (χ1v) is 9.32. The molecule has 0 saturated heterocycles. The highest BCUT2D eigenvalue weighted by Crippen LogP contribution is 2.19. The zero-order valence-electron chi connectivity index (χ0n) is 12.2. The van der Waals surface area contributed by atoms with E-state index in [0.717, 1.165) is 16.3 Å². The molecule has 0 aliphatic heterocycles. The van der Waals surface area contributed by atoms with Crippen LogP contribution in [0.4, 0.5) is 0 Å². The summed E-state index contributed by atoms with van der Waals surface area (Å²) < 4.78 is 24.0. The number of nitrogens with one attached hydrogen (secondary N) is 1. The van der Waals surface area contributed by atoms with Crippen LogP contribution in [0.15, 0.2) is 57.9 Å².